The number of nitrogens with zero attached hydrogens (tertiary/aromatic N) is 4. The standard InChI is InChI=1S/C26H29FN4O3S/c27-19-8-2-3-9-20(19)28-14-16-29(17-15-28)23(32)18-31-21-10-4-5-11-22(21)35-24(26(31)34)25(33)30-12-6-1-7-13-30/h2-5,8-11,24H,1,6-7,12-18H2. The van der Waals surface area contributed by atoms with Crippen molar-refractivity contribution < 1.29 is 18.8 Å². The molecule has 0 aliphatic carbocycles. The molecule has 1 unspecified atom stereocenters. The van der Waals surface area contributed by atoms with Crippen molar-refractivity contribution in [2.75, 3.05) is 55.6 Å². The van der Waals surface area contributed by atoms with Gasteiger partial charge in [-0.05, 0) is 43.5 Å². The zero-order valence-electron chi connectivity index (χ0n) is 19.6. The SMILES string of the molecule is O=C(CN1C(=O)C(C(=O)N2CCCCC2)Sc2ccccc21)N1CCN(c2ccccc2F)CC1. The molecular formula is C26H29FN4O3S. The molecule has 35 heavy (non-hydrogen) atoms. The Kier molecular flexibility index (Phi) is 6.95. The van der Waals surface area contributed by atoms with Gasteiger partial charge in [-0.15, -0.1) is 11.8 Å². The Labute approximate surface area is 208 Å². The molecule has 3 heterocycles. The lowest BCUT2D eigenvalue weighted by molar-refractivity contribution is -0.137. The van der Waals surface area contributed by atoms with Gasteiger partial charge >= 0.3 is 0 Å². The van der Waals surface area contributed by atoms with Crippen molar-refractivity contribution in [3.8, 4) is 0 Å². The summed E-state index contributed by atoms with van der Waals surface area (Å²) in [7, 11) is 0. The number of thioether (sulfide) groups is 1. The van der Waals surface area contributed by atoms with E-state index in [1.807, 2.05) is 29.2 Å². The largest absolute Gasteiger partial charge is 0.366 e. The monoisotopic (exact) mass is 496 g/mol. The summed E-state index contributed by atoms with van der Waals surface area (Å²) in [4.78, 5) is 47.7. The highest BCUT2D eigenvalue weighted by Gasteiger charge is 2.41. The molecule has 0 saturated carbocycles. The van der Waals surface area contributed by atoms with Gasteiger partial charge in [-0.2, -0.15) is 0 Å². The van der Waals surface area contributed by atoms with Crippen LogP contribution in [0, 0.1) is 5.82 Å². The predicted octanol–water partition coefficient (Wildman–Crippen LogP) is 2.99. The lowest BCUT2D eigenvalue weighted by Crippen LogP contribution is -2.55. The topological polar surface area (TPSA) is 64.2 Å². The fourth-order valence-electron chi connectivity index (χ4n) is 4.96. The summed E-state index contributed by atoms with van der Waals surface area (Å²) in [6.07, 6.45) is 3.01. The molecule has 2 aromatic carbocycles. The number of likely N-dealkylation sites (tertiary alicyclic amines) is 1. The number of amides is 3. The number of rotatable bonds is 4. The van der Waals surface area contributed by atoms with Crippen LogP contribution in [-0.4, -0.2) is 78.6 Å². The fraction of sp³-hybridized carbons (Fsp3) is 0.423. The average molecular weight is 497 g/mol. The van der Waals surface area contributed by atoms with Crippen LogP contribution in [0.4, 0.5) is 15.8 Å². The van der Waals surface area contributed by atoms with E-state index in [4.69, 9.17) is 0 Å². The maximum absolute atomic E-state index is 14.2. The first kappa shape index (κ1) is 23.7. The van der Waals surface area contributed by atoms with E-state index in [0.717, 1.165) is 24.2 Å². The molecule has 5 rings (SSSR count). The van der Waals surface area contributed by atoms with Gasteiger partial charge in [-0.3, -0.25) is 14.4 Å². The number of halogens is 1. The Morgan fingerprint density at radius 2 is 1.49 bits per heavy atom. The van der Waals surface area contributed by atoms with E-state index in [1.165, 1.54) is 22.7 Å². The first-order valence-corrected chi connectivity index (χ1v) is 13.0. The minimum Gasteiger partial charge on any atom is -0.366 e. The van der Waals surface area contributed by atoms with Gasteiger partial charge in [-0.1, -0.05) is 24.3 Å². The minimum atomic E-state index is -0.867. The average Bonchev–Trinajstić information content (AvgIpc) is 2.90. The second-order valence-electron chi connectivity index (χ2n) is 9.10. The van der Waals surface area contributed by atoms with Crippen molar-refractivity contribution >= 4 is 40.9 Å². The highest BCUT2D eigenvalue weighted by Crippen LogP contribution is 2.40. The molecule has 0 bridgehead atoms. The van der Waals surface area contributed by atoms with Crippen LogP contribution in [0.1, 0.15) is 19.3 Å². The number of anilines is 2. The van der Waals surface area contributed by atoms with E-state index in [-0.39, 0.29) is 30.1 Å². The van der Waals surface area contributed by atoms with Gasteiger partial charge in [0.15, 0.2) is 5.25 Å². The summed E-state index contributed by atoms with van der Waals surface area (Å²) in [6.45, 7) is 3.17. The minimum absolute atomic E-state index is 0.111. The maximum atomic E-state index is 14.2. The van der Waals surface area contributed by atoms with E-state index in [1.54, 1.807) is 28.0 Å². The molecular weight excluding hydrogens is 467 g/mol. The molecule has 2 saturated heterocycles. The molecule has 1 atom stereocenters. The van der Waals surface area contributed by atoms with Gasteiger partial charge in [0.25, 0.3) is 5.91 Å². The number of hydrogen-bond donors (Lipinski definition) is 0. The number of fused-ring (bicyclic) bond motifs is 1. The van der Waals surface area contributed by atoms with Gasteiger partial charge in [0.2, 0.25) is 11.8 Å². The molecule has 0 N–H and O–H groups in total. The van der Waals surface area contributed by atoms with Crippen LogP contribution in [-0.2, 0) is 14.4 Å². The van der Waals surface area contributed by atoms with Crippen molar-refractivity contribution in [2.45, 2.75) is 29.4 Å². The molecule has 3 amide bonds. The third-order valence-electron chi connectivity index (χ3n) is 6.90. The third kappa shape index (κ3) is 4.87. The molecule has 3 aliphatic heterocycles. The van der Waals surface area contributed by atoms with Gasteiger partial charge in [0.05, 0.1) is 11.4 Å². The molecule has 0 radical (unpaired) electrons. The number of carbonyl (C=O) groups is 3. The number of benzene rings is 2. The first-order valence-electron chi connectivity index (χ1n) is 12.2. The lowest BCUT2D eigenvalue weighted by Gasteiger charge is -2.39. The highest BCUT2D eigenvalue weighted by molar-refractivity contribution is 8.01. The van der Waals surface area contributed by atoms with Crippen LogP contribution in [0.2, 0.25) is 0 Å². The summed E-state index contributed by atoms with van der Waals surface area (Å²) in [5.74, 6) is -0.935. The summed E-state index contributed by atoms with van der Waals surface area (Å²) in [6, 6.07) is 14.1. The number of piperidine rings is 1. The van der Waals surface area contributed by atoms with Gasteiger partial charge in [0.1, 0.15) is 12.4 Å². The van der Waals surface area contributed by atoms with Crippen LogP contribution in [0.5, 0.6) is 0 Å². The molecule has 3 aliphatic rings. The first-order chi connectivity index (χ1) is 17.0. The van der Waals surface area contributed by atoms with Crippen LogP contribution >= 0.6 is 11.8 Å². The second kappa shape index (κ2) is 10.3. The second-order valence-corrected chi connectivity index (χ2v) is 10.2. The van der Waals surface area contributed by atoms with Crippen molar-refractivity contribution in [3.05, 3.63) is 54.3 Å². The number of piperazine rings is 1. The van der Waals surface area contributed by atoms with E-state index in [9.17, 15) is 18.8 Å². The zero-order valence-corrected chi connectivity index (χ0v) is 20.4. The van der Waals surface area contributed by atoms with E-state index in [0.29, 0.717) is 50.6 Å². The van der Waals surface area contributed by atoms with Gasteiger partial charge in [0, 0.05) is 44.2 Å². The molecule has 2 aromatic rings. The Morgan fingerprint density at radius 3 is 2.20 bits per heavy atom. The Morgan fingerprint density at radius 1 is 0.829 bits per heavy atom. The Balaban J connectivity index is 1.28. The summed E-state index contributed by atoms with van der Waals surface area (Å²) in [5.41, 5.74) is 1.21. The van der Waals surface area contributed by atoms with E-state index >= 15 is 0 Å². The summed E-state index contributed by atoms with van der Waals surface area (Å²) in [5, 5.41) is -0.867. The Hall–Kier alpha value is -3.07. The number of carbonyl (C=O) groups excluding carboxylic acids is 3. The van der Waals surface area contributed by atoms with Crippen molar-refractivity contribution in [2.24, 2.45) is 0 Å². The molecule has 7 nitrogen and oxygen atoms in total. The van der Waals surface area contributed by atoms with Crippen molar-refractivity contribution in [3.63, 3.8) is 0 Å². The Bertz CT molecular complexity index is 1120. The fourth-order valence-corrected chi connectivity index (χ4v) is 6.14. The molecule has 0 aromatic heterocycles. The van der Waals surface area contributed by atoms with Gasteiger partial charge < -0.3 is 19.6 Å². The lowest BCUT2D eigenvalue weighted by atomic mass is 10.1. The van der Waals surface area contributed by atoms with Crippen LogP contribution < -0.4 is 9.80 Å². The van der Waals surface area contributed by atoms with Crippen LogP contribution in [0.25, 0.3) is 0 Å². The summed E-state index contributed by atoms with van der Waals surface area (Å²) >= 11 is 1.28. The zero-order chi connectivity index (χ0) is 24.4. The van der Waals surface area contributed by atoms with E-state index < -0.39 is 5.25 Å². The smallest absolute Gasteiger partial charge is 0.250 e. The highest BCUT2D eigenvalue weighted by atomic mass is 32.2. The van der Waals surface area contributed by atoms with Crippen molar-refractivity contribution in [1.82, 2.24) is 9.80 Å². The molecule has 2 fully saturated rings. The maximum Gasteiger partial charge on any atom is 0.250 e. The summed E-state index contributed by atoms with van der Waals surface area (Å²) < 4.78 is 14.2. The number of hydrogen-bond acceptors (Lipinski definition) is 5. The molecule has 9 heteroatoms. The molecule has 0 spiro atoms. The van der Waals surface area contributed by atoms with Crippen LogP contribution in [0.15, 0.2) is 53.4 Å². The quantitative estimate of drug-likeness (QED) is 0.609. The normalized spacial score (nSPS) is 20.6. The van der Waals surface area contributed by atoms with Gasteiger partial charge in [-0.25, -0.2) is 4.39 Å². The predicted molar refractivity (Wildman–Crippen MR) is 134 cm³/mol. The van der Waals surface area contributed by atoms with Crippen LogP contribution in [0.3, 0.4) is 0 Å². The van der Waals surface area contributed by atoms with E-state index in [2.05, 4.69) is 0 Å². The number of para-hydroxylation sites is 2. The van der Waals surface area contributed by atoms with Crippen molar-refractivity contribution in [1.29, 1.82) is 0 Å². The molecule has 184 valence electrons. The third-order valence-corrected chi connectivity index (χ3v) is 8.14.